The number of ether oxygens (including phenoxy) is 2. The van der Waals surface area contributed by atoms with Crippen LogP contribution in [0.5, 0.6) is 5.75 Å². The minimum absolute atomic E-state index is 0.195. The third kappa shape index (κ3) is 4.57. The van der Waals surface area contributed by atoms with E-state index in [1.807, 2.05) is 35.7 Å². The van der Waals surface area contributed by atoms with E-state index in [1.54, 1.807) is 4.90 Å². The summed E-state index contributed by atoms with van der Waals surface area (Å²) < 4.78 is 11.7. The number of nitrogens with zero attached hydrogens (tertiary/aromatic N) is 2. The Morgan fingerprint density at radius 3 is 2.42 bits per heavy atom. The van der Waals surface area contributed by atoms with Crippen molar-refractivity contribution in [3.05, 3.63) is 58.7 Å². The number of carbonyl (C=O) groups is 3. The molecule has 0 saturated carbocycles. The van der Waals surface area contributed by atoms with Gasteiger partial charge in [-0.05, 0) is 23.6 Å². The molecule has 0 bridgehead atoms. The first-order valence-electron chi connectivity index (χ1n) is 12.6. The zero-order valence-corrected chi connectivity index (χ0v) is 21.1. The largest absolute Gasteiger partial charge is 0.489 e. The van der Waals surface area contributed by atoms with E-state index in [4.69, 9.17) is 9.47 Å². The topological polar surface area (TPSA) is 88.2 Å². The molecule has 0 radical (unpaired) electrons. The first kappa shape index (κ1) is 24.7. The lowest BCUT2D eigenvalue weighted by Gasteiger charge is -2.40. The van der Waals surface area contributed by atoms with Crippen LogP contribution >= 0.6 is 0 Å². The number of benzene rings is 2. The Hall–Kier alpha value is -3.04. The summed E-state index contributed by atoms with van der Waals surface area (Å²) in [6.45, 7) is 4.75. The average molecular weight is 485 g/mol. The van der Waals surface area contributed by atoms with E-state index in [1.165, 1.54) is 5.56 Å². The van der Waals surface area contributed by atoms with Crippen molar-refractivity contribution in [3.63, 3.8) is 0 Å². The molecule has 2 aromatic carbocycles. The smallest absolute Gasteiger partial charge is 0.253 e. The van der Waals surface area contributed by atoms with E-state index in [0.717, 1.165) is 49.4 Å². The standard InChI is InChI=1S/C25H30B3N3O5/c26-17-5-7-19(36-14-16-3-1-15(2-4-16)13-30-9-11-35-12-10-30)22-21(17)24(34)31(25(22,27)28)18-6-8-20(32)29-23(18)33/h1-5,7,18H,6,8-14,26-28H2,(H,29,32,33). The van der Waals surface area contributed by atoms with Gasteiger partial charge in [0, 0.05) is 42.5 Å². The van der Waals surface area contributed by atoms with Gasteiger partial charge in [0.25, 0.3) is 5.91 Å². The summed E-state index contributed by atoms with van der Waals surface area (Å²) in [5, 5.41) is 1.62. The molecule has 0 aromatic heterocycles. The number of amides is 3. The van der Waals surface area contributed by atoms with E-state index in [-0.39, 0.29) is 18.2 Å². The molecular formula is C25H30B3N3O5. The van der Waals surface area contributed by atoms with Gasteiger partial charge in [-0.1, -0.05) is 35.8 Å². The molecule has 3 amide bonds. The van der Waals surface area contributed by atoms with Gasteiger partial charge in [0.05, 0.1) is 13.2 Å². The van der Waals surface area contributed by atoms with E-state index in [9.17, 15) is 14.4 Å². The van der Waals surface area contributed by atoms with Gasteiger partial charge in [0.2, 0.25) is 11.8 Å². The Morgan fingerprint density at radius 2 is 1.72 bits per heavy atom. The van der Waals surface area contributed by atoms with Crippen LogP contribution in [0.2, 0.25) is 0 Å². The molecule has 11 heteroatoms. The van der Waals surface area contributed by atoms with E-state index in [0.29, 0.717) is 24.3 Å². The molecule has 2 fully saturated rings. The number of piperidine rings is 1. The number of fused-ring (bicyclic) bond motifs is 1. The fourth-order valence-corrected chi connectivity index (χ4v) is 5.56. The summed E-state index contributed by atoms with van der Waals surface area (Å²) in [7, 11) is 5.78. The van der Waals surface area contributed by atoms with Crippen LogP contribution in [0.25, 0.3) is 0 Å². The molecule has 0 spiro atoms. The molecule has 2 aromatic rings. The Kier molecular flexibility index (Phi) is 6.70. The highest BCUT2D eigenvalue weighted by atomic mass is 16.5. The number of morpholine rings is 1. The predicted molar refractivity (Wildman–Crippen MR) is 143 cm³/mol. The van der Waals surface area contributed by atoms with Crippen molar-refractivity contribution in [3.8, 4) is 5.75 Å². The third-order valence-corrected chi connectivity index (χ3v) is 7.47. The highest BCUT2D eigenvalue weighted by Crippen LogP contribution is 2.42. The van der Waals surface area contributed by atoms with Crippen LogP contribution in [0.3, 0.4) is 0 Å². The molecule has 3 heterocycles. The maximum absolute atomic E-state index is 13.6. The minimum Gasteiger partial charge on any atom is -0.489 e. The Balaban J connectivity index is 1.34. The zero-order chi connectivity index (χ0) is 25.4. The Labute approximate surface area is 213 Å². The lowest BCUT2D eigenvalue weighted by atomic mass is 9.57. The predicted octanol–water partition coefficient (Wildman–Crippen LogP) is -2.01. The molecule has 36 heavy (non-hydrogen) atoms. The van der Waals surface area contributed by atoms with Gasteiger partial charge in [0.15, 0.2) is 0 Å². The summed E-state index contributed by atoms with van der Waals surface area (Å²) in [4.78, 5) is 41.9. The van der Waals surface area contributed by atoms with Crippen molar-refractivity contribution in [2.24, 2.45) is 0 Å². The molecule has 5 rings (SSSR count). The summed E-state index contributed by atoms with van der Waals surface area (Å²) in [5.41, 5.74) is 4.52. The van der Waals surface area contributed by atoms with Crippen LogP contribution in [0.1, 0.15) is 39.9 Å². The quantitative estimate of drug-likeness (QED) is 0.377. The Bertz CT molecular complexity index is 1200. The highest BCUT2D eigenvalue weighted by Gasteiger charge is 2.50. The fourth-order valence-electron chi connectivity index (χ4n) is 5.56. The Morgan fingerprint density at radius 1 is 1.03 bits per heavy atom. The molecule has 184 valence electrons. The van der Waals surface area contributed by atoms with Gasteiger partial charge in [-0.25, -0.2) is 0 Å². The van der Waals surface area contributed by atoms with E-state index < -0.39 is 17.3 Å². The fraction of sp³-hybridized carbons (Fsp3) is 0.400. The number of nitrogens with one attached hydrogen (secondary N) is 1. The van der Waals surface area contributed by atoms with Crippen LogP contribution in [0.15, 0.2) is 36.4 Å². The minimum atomic E-state index is -0.766. The molecule has 8 nitrogen and oxygen atoms in total. The van der Waals surface area contributed by atoms with Crippen LogP contribution in [0, 0.1) is 0 Å². The van der Waals surface area contributed by atoms with Crippen LogP contribution in [-0.4, -0.2) is 83.4 Å². The van der Waals surface area contributed by atoms with Crippen molar-refractivity contribution in [1.29, 1.82) is 0 Å². The number of hydrogen-bond acceptors (Lipinski definition) is 6. The van der Waals surface area contributed by atoms with Crippen molar-refractivity contribution in [2.75, 3.05) is 26.3 Å². The van der Waals surface area contributed by atoms with Crippen LogP contribution in [-0.2, 0) is 32.8 Å². The average Bonchev–Trinajstić information content (AvgIpc) is 3.07. The van der Waals surface area contributed by atoms with Crippen LogP contribution in [0.4, 0.5) is 0 Å². The van der Waals surface area contributed by atoms with Gasteiger partial charge in [-0.15, -0.1) is 0 Å². The van der Waals surface area contributed by atoms with E-state index in [2.05, 4.69) is 34.5 Å². The maximum atomic E-state index is 13.6. The summed E-state index contributed by atoms with van der Waals surface area (Å²) in [6, 6.07) is 11.5. The second-order valence-electron chi connectivity index (χ2n) is 10.3. The van der Waals surface area contributed by atoms with Gasteiger partial charge >= 0.3 is 0 Å². The van der Waals surface area contributed by atoms with Gasteiger partial charge < -0.3 is 14.4 Å². The first-order chi connectivity index (χ1) is 17.3. The first-order valence-corrected chi connectivity index (χ1v) is 12.6. The third-order valence-electron chi connectivity index (χ3n) is 7.47. The van der Waals surface area contributed by atoms with Crippen LogP contribution < -0.4 is 15.5 Å². The molecule has 1 unspecified atom stereocenters. The van der Waals surface area contributed by atoms with Gasteiger partial charge in [0.1, 0.15) is 41.9 Å². The number of imide groups is 1. The molecule has 3 aliphatic rings. The lowest BCUT2D eigenvalue weighted by Crippen LogP contribution is -2.59. The number of rotatable bonds is 6. The molecule has 3 aliphatic heterocycles. The van der Waals surface area contributed by atoms with Gasteiger partial charge in [-0.3, -0.25) is 24.6 Å². The second kappa shape index (κ2) is 9.79. The van der Waals surface area contributed by atoms with Crippen molar-refractivity contribution < 1.29 is 23.9 Å². The van der Waals surface area contributed by atoms with Gasteiger partial charge in [-0.2, -0.15) is 0 Å². The number of hydrogen-bond donors (Lipinski definition) is 1. The maximum Gasteiger partial charge on any atom is 0.253 e. The summed E-state index contributed by atoms with van der Waals surface area (Å²) in [6.07, 6.45) is 0.538. The molecule has 1 N–H and O–H groups in total. The summed E-state index contributed by atoms with van der Waals surface area (Å²) >= 11 is 0. The highest BCUT2D eigenvalue weighted by molar-refractivity contribution is 6.46. The normalized spacial score (nSPS) is 21.8. The van der Waals surface area contributed by atoms with Crippen molar-refractivity contribution in [1.82, 2.24) is 15.1 Å². The van der Waals surface area contributed by atoms with E-state index >= 15 is 0 Å². The van der Waals surface area contributed by atoms with Crippen molar-refractivity contribution in [2.45, 2.75) is 37.4 Å². The molecule has 0 aliphatic carbocycles. The lowest BCUT2D eigenvalue weighted by molar-refractivity contribution is -0.137. The zero-order valence-electron chi connectivity index (χ0n) is 21.1. The molecular weight excluding hydrogens is 455 g/mol. The SMILES string of the molecule is Bc1ccc(OCc2ccc(CN3CCOCC3)cc2)c2c1C(=O)N(C1CCC(=O)NC1=O)C2(B)B. The molecule has 2 saturated heterocycles. The molecule has 1 atom stereocenters. The second-order valence-corrected chi connectivity index (χ2v) is 10.3. The monoisotopic (exact) mass is 485 g/mol. The number of carbonyl (C=O) groups excluding carboxylic acids is 3. The van der Waals surface area contributed by atoms with Crippen molar-refractivity contribution >= 4 is 46.7 Å². The summed E-state index contributed by atoms with van der Waals surface area (Å²) in [5.74, 6) is -0.270.